The van der Waals surface area contributed by atoms with E-state index in [1.807, 2.05) is 48.5 Å². The van der Waals surface area contributed by atoms with Crippen molar-refractivity contribution in [2.45, 2.75) is 64.1 Å². The van der Waals surface area contributed by atoms with E-state index in [1.165, 1.54) is 6.20 Å². The van der Waals surface area contributed by atoms with Gasteiger partial charge in [-0.2, -0.15) is 4.98 Å². The van der Waals surface area contributed by atoms with Crippen LogP contribution in [0.2, 0.25) is 5.02 Å². The summed E-state index contributed by atoms with van der Waals surface area (Å²) in [5, 5.41) is 12.9. The molecule has 0 bridgehead atoms. The number of nitrogens with one attached hydrogen (secondary N) is 4. The molecule has 4 aliphatic heterocycles. The molecule has 3 fully saturated rings. The van der Waals surface area contributed by atoms with E-state index in [1.54, 1.807) is 38.3 Å². The minimum absolute atomic E-state index is 0.191. The number of anilines is 6. The Morgan fingerprint density at radius 1 is 0.971 bits per heavy atom. The van der Waals surface area contributed by atoms with Crippen molar-refractivity contribution in [3.8, 4) is 17.6 Å². The number of unbranched alkanes of at least 4 members (excludes halogenated alkanes) is 1. The van der Waals surface area contributed by atoms with Gasteiger partial charge in [0.15, 0.2) is 5.82 Å². The molecule has 4 N–H and O–H groups in total. The molecule has 356 valence electrons. The van der Waals surface area contributed by atoms with Gasteiger partial charge in [0.05, 0.1) is 36.1 Å². The van der Waals surface area contributed by atoms with Crippen LogP contribution in [0, 0.1) is 11.8 Å². The van der Waals surface area contributed by atoms with Gasteiger partial charge in [-0.1, -0.05) is 48.2 Å². The van der Waals surface area contributed by atoms with Crippen LogP contribution in [0.4, 0.5) is 34.5 Å². The number of carbonyl (C=O) groups excluding carboxylic acids is 4. The van der Waals surface area contributed by atoms with Crippen LogP contribution in [0.25, 0.3) is 0 Å². The molecular formula is C50H58ClN10O6P. The summed E-state index contributed by atoms with van der Waals surface area (Å²) in [5.74, 6) is 6.52. The number of hydrogen-bond donors (Lipinski definition) is 4. The Labute approximate surface area is 402 Å². The third-order valence-corrected chi connectivity index (χ3v) is 14.8. The van der Waals surface area contributed by atoms with Crippen molar-refractivity contribution in [1.82, 2.24) is 30.0 Å². The number of carbonyl (C=O) groups is 4. The molecule has 4 aliphatic rings. The van der Waals surface area contributed by atoms with Gasteiger partial charge in [0, 0.05) is 92.8 Å². The average Bonchev–Trinajstić information content (AvgIpc) is 3.66. The van der Waals surface area contributed by atoms with Gasteiger partial charge >= 0.3 is 0 Å². The topological polar surface area (TPSA) is 181 Å². The number of fused-ring (bicyclic) bond motifs is 1. The molecular weight excluding hydrogens is 903 g/mol. The molecule has 68 heavy (non-hydrogen) atoms. The Kier molecular flexibility index (Phi) is 14.9. The lowest BCUT2D eigenvalue weighted by molar-refractivity contribution is -0.137. The summed E-state index contributed by atoms with van der Waals surface area (Å²) in [7, 11) is -1.02. The molecule has 0 saturated carbocycles. The Morgan fingerprint density at radius 3 is 2.46 bits per heavy atom. The van der Waals surface area contributed by atoms with Gasteiger partial charge in [-0.05, 0) is 88.4 Å². The molecule has 0 aliphatic carbocycles. The number of piperazine rings is 1. The van der Waals surface area contributed by atoms with E-state index in [-0.39, 0.29) is 35.1 Å². The second-order valence-corrected chi connectivity index (χ2v) is 21.6. The second-order valence-electron chi connectivity index (χ2n) is 18.0. The predicted octanol–water partition coefficient (Wildman–Crippen LogP) is 6.57. The fourth-order valence-electron chi connectivity index (χ4n) is 9.31. The van der Waals surface area contributed by atoms with Crippen molar-refractivity contribution < 1.29 is 28.5 Å². The maximum Gasteiger partial charge on any atom is 0.255 e. The van der Waals surface area contributed by atoms with E-state index < -0.39 is 19.1 Å². The van der Waals surface area contributed by atoms with Crippen molar-refractivity contribution in [2.24, 2.45) is 0 Å². The van der Waals surface area contributed by atoms with Crippen LogP contribution in [0.3, 0.4) is 0 Å². The number of methoxy groups -OCH3 is 1. The molecule has 4 amide bonds. The lowest BCUT2D eigenvalue weighted by Gasteiger charge is -2.43. The number of piperidine rings is 2. The van der Waals surface area contributed by atoms with Gasteiger partial charge in [0.25, 0.3) is 11.8 Å². The lowest BCUT2D eigenvalue weighted by Crippen LogP contribution is -2.53. The van der Waals surface area contributed by atoms with Gasteiger partial charge in [-0.3, -0.25) is 29.4 Å². The minimum Gasteiger partial charge on any atom is -0.494 e. The first-order valence-corrected chi connectivity index (χ1v) is 26.0. The van der Waals surface area contributed by atoms with Crippen LogP contribution in [0.15, 0.2) is 72.9 Å². The third kappa shape index (κ3) is 11.0. The number of halogens is 1. The predicted molar refractivity (Wildman–Crippen MR) is 267 cm³/mol. The Morgan fingerprint density at radius 2 is 1.74 bits per heavy atom. The number of para-hydroxylation sites is 1. The zero-order valence-electron chi connectivity index (χ0n) is 39.0. The van der Waals surface area contributed by atoms with E-state index in [4.69, 9.17) is 16.3 Å². The largest absolute Gasteiger partial charge is 0.494 e. The van der Waals surface area contributed by atoms with Gasteiger partial charge in [0.1, 0.15) is 24.0 Å². The van der Waals surface area contributed by atoms with Crippen LogP contribution in [0.5, 0.6) is 5.75 Å². The molecule has 18 heteroatoms. The number of imide groups is 1. The SMILES string of the molecule is C=C(C)C(=O)Nc1cc(Nc2ncc(Cl)c(Nc3ccccc3P(C)(C)=O)n2)c(OC)cc1N1CCC(N2CCN(CCCC#Cc3cccc4c3CN(C3CCC(=O)NC3=O)C4=O)CC2)CC1. The summed E-state index contributed by atoms with van der Waals surface area (Å²) < 4.78 is 18.9. The highest BCUT2D eigenvalue weighted by Crippen LogP contribution is 2.41. The van der Waals surface area contributed by atoms with Gasteiger partial charge in [-0.15, -0.1) is 0 Å². The quantitative estimate of drug-likeness (QED) is 0.0351. The standard InChI is InChI=1S/C50H58ClN10O6P/c1-32(2)47(63)54-39-28-40(55-50-52-30-37(51)46(57-50)53-38-15-8-9-16-44(38)68(4,5)66)43(67-3)29-42(39)60-22-19-34(20-23-60)59-26-24-58(25-27-59)21-10-6-7-12-33-13-11-14-35-36(33)31-61(49(35)65)41-17-18-45(62)56-48(41)64/h8-9,11,13-16,28-30,34,41H,1,6,10,17-27,31H2,2-5H3,(H,54,63)(H,56,62,64)(H2,52,53,55,57). The van der Waals surface area contributed by atoms with Crippen LogP contribution >= 0.6 is 18.7 Å². The highest BCUT2D eigenvalue weighted by Gasteiger charge is 2.40. The molecule has 0 radical (unpaired) electrons. The van der Waals surface area contributed by atoms with E-state index in [0.29, 0.717) is 64.1 Å². The molecule has 3 saturated heterocycles. The maximum atomic E-state index is 13.2. The molecule has 1 atom stereocenters. The fourth-order valence-corrected chi connectivity index (χ4v) is 10.6. The summed E-state index contributed by atoms with van der Waals surface area (Å²) in [4.78, 5) is 68.5. The average molecular weight is 962 g/mol. The van der Waals surface area contributed by atoms with Crippen molar-refractivity contribution in [1.29, 1.82) is 0 Å². The zero-order valence-corrected chi connectivity index (χ0v) is 40.6. The third-order valence-electron chi connectivity index (χ3n) is 13.0. The normalized spacial score (nSPS) is 18.1. The highest BCUT2D eigenvalue weighted by atomic mass is 35.5. The fraction of sp³-hybridized carbons (Fsp3) is 0.400. The van der Waals surface area contributed by atoms with Gasteiger partial charge < -0.3 is 40.0 Å². The van der Waals surface area contributed by atoms with Crippen molar-refractivity contribution in [3.05, 3.63) is 94.7 Å². The summed E-state index contributed by atoms with van der Waals surface area (Å²) in [6, 6.07) is 16.4. The van der Waals surface area contributed by atoms with Crippen molar-refractivity contribution in [3.63, 3.8) is 0 Å². The van der Waals surface area contributed by atoms with Crippen molar-refractivity contribution in [2.75, 3.05) is 87.1 Å². The Bertz CT molecular complexity index is 2740. The van der Waals surface area contributed by atoms with Gasteiger partial charge in [-0.25, -0.2) is 4.98 Å². The number of amides is 4. The Balaban J connectivity index is 0.849. The molecule has 4 aromatic rings. The second kappa shape index (κ2) is 21.0. The number of hydrogen-bond acceptors (Lipinski definition) is 13. The number of nitrogens with zero attached hydrogens (tertiary/aromatic N) is 6. The number of benzene rings is 3. The van der Waals surface area contributed by atoms with Crippen LogP contribution in [0.1, 0.15) is 66.9 Å². The first-order chi connectivity index (χ1) is 32.7. The molecule has 1 unspecified atom stereocenters. The summed E-state index contributed by atoms with van der Waals surface area (Å²) in [6.07, 6.45) is 5.64. The smallest absolute Gasteiger partial charge is 0.255 e. The number of aromatic nitrogens is 2. The van der Waals surface area contributed by atoms with Crippen LogP contribution in [-0.2, 0) is 25.5 Å². The maximum absolute atomic E-state index is 13.2. The highest BCUT2D eigenvalue weighted by molar-refractivity contribution is 7.70. The van der Waals surface area contributed by atoms with Crippen LogP contribution < -0.4 is 36.2 Å². The van der Waals surface area contributed by atoms with Gasteiger partial charge in [0.2, 0.25) is 17.8 Å². The number of rotatable bonds is 14. The molecule has 0 spiro atoms. The lowest BCUT2D eigenvalue weighted by atomic mass is 10.0. The number of ether oxygens (including phenoxy) is 1. The Hall–Kier alpha value is -6.24. The first kappa shape index (κ1) is 48.2. The summed E-state index contributed by atoms with van der Waals surface area (Å²) in [5.41, 5.74) is 5.22. The zero-order chi connectivity index (χ0) is 48.1. The molecule has 5 heterocycles. The first-order valence-electron chi connectivity index (χ1n) is 23.0. The summed E-state index contributed by atoms with van der Waals surface area (Å²) >= 11 is 6.54. The summed E-state index contributed by atoms with van der Waals surface area (Å²) in [6.45, 7) is 15.8. The molecule has 3 aromatic carbocycles. The van der Waals surface area contributed by atoms with Crippen LogP contribution in [-0.4, -0.2) is 127 Å². The van der Waals surface area contributed by atoms with E-state index in [9.17, 15) is 23.7 Å². The van der Waals surface area contributed by atoms with E-state index in [0.717, 1.165) is 88.3 Å². The minimum atomic E-state index is -2.61. The monoisotopic (exact) mass is 960 g/mol. The van der Waals surface area contributed by atoms with E-state index >= 15 is 0 Å². The molecule has 1 aromatic heterocycles. The van der Waals surface area contributed by atoms with E-state index in [2.05, 4.69) is 64.4 Å². The molecule has 16 nitrogen and oxygen atoms in total. The van der Waals surface area contributed by atoms with Crippen molar-refractivity contribution >= 4 is 82.2 Å². The molecule has 8 rings (SSSR count).